The van der Waals surface area contributed by atoms with Crippen LogP contribution in [0.2, 0.25) is 5.02 Å². The second-order valence-electron chi connectivity index (χ2n) is 6.54. The van der Waals surface area contributed by atoms with Gasteiger partial charge in [0.2, 0.25) is 0 Å². The lowest BCUT2D eigenvalue weighted by molar-refractivity contribution is 0.0951. The third-order valence-corrected chi connectivity index (χ3v) is 4.31. The maximum absolute atomic E-state index is 12.5. The highest BCUT2D eigenvalue weighted by Crippen LogP contribution is 2.16. The smallest absolute Gasteiger partial charge is 0.251 e. The Morgan fingerprint density at radius 3 is 2.50 bits per heavy atom. The van der Waals surface area contributed by atoms with Crippen LogP contribution >= 0.6 is 11.6 Å². The Morgan fingerprint density at radius 2 is 1.81 bits per heavy atom. The molecule has 136 valence electrons. The van der Waals surface area contributed by atoms with E-state index in [1.54, 1.807) is 6.07 Å². The standard InChI is InChI=1S/C20H23ClN4O/c1-13-5-14(2)7-15(6-13)11-24-19(26)17-8-16(9-18(21)10-17)12-25-20-22-3-4-23-20/h5-10H,3-4,11-12H2,1-2H3,(H,24,26)(H2,22,23,25). The lowest BCUT2D eigenvalue weighted by Crippen LogP contribution is -2.33. The second-order valence-corrected chi connectivity index (χ2v) is 6.97. The van der Waals surface area contributed by atoms with Crippen molar-refractivity contribution in [2.24, 2.45) is 4.99 Å². The number of nitrogens with zero attached hydrogens (tertiary/aromatic N) is 1. The van der Waals surface area contributed by atoms with Gasteiger partial charge in [0.25, 0.3) is 5.91 Å². The van der Waals surface area contributed by atoms with E-state index in [1.807, 2.05) is 12.1 Å². The quantitative estimate of drug-likeness (QED) is 0.758. The highest BCUT2D eigenvalue weighted by atomic mass is 35.5. The number of halogens is 1. The van der Waals surface area contributed by atoms with E-state index in [4.69, 9.17) is 11.6 Å². The minimum absolute atomic E-state index is 0.135. The largest absolute Gasteiger partial charge is 0.355 e. The first kappa shape index (κ1) is 18.3. The molecule has 1 aliphatic heterocycles. The Hall–Kier alpha value is -2.53. The number of carbonyl (C=O) groups is 1. The first-order chi connectivity index (χ1) is 12.5. The van der Waals surface area contributed by atoms with Crippen molar-refractivity contribution < 1.29 is 4.79 Å². The molecule has 0 spiro atoms. The van der Waals surface area contributed by atoms with Crippen molar-refractivity contribution in [1.29, 1.82) is 0 Å². The zero-order valence-corrected chi connectivity index (χ0v) is 15.8. The molecule has 0 saturated heterocycles. The Labute approximate surface area is 158 Å². The summed E-state index contributed by atoms with van der Waals surface area (Å²) in [5, 5.41) is 9.87. The fourth-order valence-electron chi connectivity index (χ4n) is 3.04. The summed E-state index contributed by atoms with van der Waals surface area (Å²) in [4.78, 5) is 16.8. The van der Waals surface area contributed by atoms with Crippen molar-refractivity contribution in [2.75, 3.05) is 13.1 Å². The molecule has 0 unspecified atom stereocenters. The summed E-state index contributed by atoms with van der Waals surface area (Å²) in [6.07, 6.45) is 0. The molecule has 0 radical (unpaired) electrons. The average molecular weight is 371 g/mol. The van der Waals surface area contributed by atoms with Gasteiger partial charge in [-0.3, -0.25) is 9.79 Å². The highest BCUT2D eigenvalue weighted by Gasteiger charge is 2.10. The SMILES string of the molecule is Cc1cc(C)cc(CNC(=O)c2cc(Cl)cc(CNC3=NCCN3)c2)c1. The molecule has 0 aromatic heterocycles. The predicted octanol–water partition coefficient (Wildman–Crippen LogP) is 2.94. The number of benzene rings is 2. The van der Waals surface area contributed by atoms with E-state index in [9.17, 15) is 4.79 Å². The molecule has 5 nitrogen and oxygen atoms in total. The van der Waals surface area contributed by atoms with Gasteiger partial charge in [-0.05, 0) is 43.2 Å². The molecule has 0 aliphatic carbocycles. The minimum atomic E-state index is -0.135. The number of hydrogen-bond acceptors (Lipinski definition) is 4. The summed E-state index contributed by atoms with van der Waals surface area (Å²) < 4.78 is 0. The molecular weight excluding hydrogens is 348 g/mol. The third-order valence-electron chi connectivity index (χ3n) is 4.09. The summed E-state index contributed by atoms with van der Waals surface area (Å²) in [5.41, 5.74) is 4.96. The lowest BCUT2D eigenvalue weighted by atomic mass is 10.1. The van der Waals surface area contributed by atoms with Crippen molar-refractivity contribution in [1.82, 2.24) is 16.0 Å². The minimum Gasteiger partial charge on any atom is -0.355 e. The summed E-state index contributed by atoms with van der Waals surface area (Å²) in [5.74, 6) is 0.648. The van der Waals surface area contributed by atoms with E-state index >= 15 is 0 Å². The van der Waals surface area contributed by atoms with Gasteiger partial charge in [0.15, 0.2) is 5.96 Å². The Kier molecular flexibility index (Phi) is 5.78. The molecule has 0 saturated carbocycles. The molecule has 3 rings (SSSR count). The third kappa shape index (κ3) is 4.99. The zero-order valence-electron chi connectivity index (χ0n) is 15.0. The fourth-order valence-corrected chi connectivity index (χ4v) is 3.30. The van der Waals surface area contributed by atoms with Gasteiger partial charge in [-0.1, -0.05) is 40.9 Å². The van der Waals surface area contributed by atoms with Gasteiger partial charge in [0.05, 0.1) is 6.54 Å². The van der Waals surface area contributed by atoms with Crippen LogP contribution in [0.3, 0.4) is 0 Å². The summed E-state index contributed by atoms with van der Waals surface area (Å²) in [6, 6.07) is 11.7. The Bertz CT molecular complexity index is 827. The first-order valence-electron chi connectivity index (χ1n) is 8.66. The number of carbonyl (C=O) groups excluding carboxylic acids is 1. The van der Waals surface area contributed by atoms with Gasteiger partial charge in [-0.15, -0.1) is 0 Å². The van der Waals surface area contributed by atoms with Crippen LogP contribution in [-0.4, -0.2) is 25.0 Å². The van der Waals surface area contributed by atoms with E-state index in [0.717, 1.165) is 30.2 Å². The van der Waals surface area contributed by atoms with Crippen LogP contribution in [0.4, 0.5) is 0 Å². The van der Waals surface area contributed by atoms with E-state index in [0.29, 0.717) is 23.7 Å². The first-order valence-corrected chi connectivity index (χ1v) is 9.04. The monoisotopic (exact) mass is 370 g/mol. The topological polar surface area (TPSA) is 65.5 Å². The van der Waals surface area contributed by atoms with Crippen LogP contribution < -0.4 is 16.0 Å². The summed E-state index contributed by atoms with van der Waals surface area (Å²) >= 11 is 6.19. The number of nitrogens with one attached hydrogen (secondary N) is 3. The van der Waals surface area contributed by atoms with Crippen LogP contribution in [0.25, 0.3) is 0 Å². The number of aliphatic imine (C=N–C) groups is 1. The van der Waals surface area contributed by atoms with Crippen molar-refractivity contribution in [2.45, 2.75) is 26.9 Å². The van der Waals surface area contributed by atoms with E-state index in [2.05, 4.69) is 53.0 Å². The Balaban J connectivity index is 1.64. The number of guanidine groups is 1. The molecule has 26 heavy (non-hydrogen) atoms. The molecule has 0 fully saturated rings. The number of amides is 1. The summed E-state index contributed by atoms with van der Waals surface area (Å²) in [7, 11) is 0. The predicted molar refractivity (Wildman–Crippen MR) is 106 cm³/mol. The molecular formula is C20H23ClN4O. The number of hydrogen-bond donors (Lipinski definition) is 3. The fraction of sp³-hybridized carbons (Fsp3) is 0.300. The number of rotatable bonds is 5. The van der Waals surface area contributed by atoms with Crippen molar-refractivity contribution in [3.8, 4) is 0 Å². The molecule has 1 aliphatic rings. The second kappa shape index (κ2) is 8.23. The highest BCUT2D eigenvalue weighted by molar-refractivity contribution is 6.31. The van der Waals surface area contributed by atoms with Gasteiger partial charge in [0.1, 0.15) is 0 Å². The molecule has 0 bridgehead atoms. The molecule has 2 aromatic rings. The number of aryl methyl sites for hydroxylation is 2. The van der Waals surface area contributed by atoms with Crippen LogP contribution in [0.1, 0.15) is 32.6 Å². The normalized spacial score (nSPS) is 13.1. The molecule has 1 amide bonds. The van der Waals surface area contributed by atoms with Crippen LogP contribution in [-0.2, 0) is 13.1 Å². The molecule has 1 heterocycles. The van der Waals surface area contributed by atoms with Crippen LogP contribution in [0.15, 0.2) is 41.4 Å². The van der Waals surface area contributed by atoms with Gasteiger partial charge >= 0.3 is 0 Å². The van der Waals surface area contributed by atoms with Crippen LogP contribution in [0.5, 0.6) is 0 Å². The Morgan fingerprint density at radius 1 is 1.08 bits per heavy atom. The van der Waals surface area contributed by atoms with Gasteiger partial charge < -0.3 is 16.0 Å². The van der Waals surface area contributed by atoms with Gasteiger partial charge in [-0.2, -0.15) is 0 Å². The molecule has 3 N–H and O–H groups in total. The van der Waals surface area contributed by atoms with Crippen LogP contribution in [0, 0.1) is 13.8 Å². The molecule has 0 atom stereocenters. The maximum atomic E-state index is 12.5. The van der Waals surface area contributed by atoms with Crippen molar-refractivity contribution in [3.63, 3.8) is 0 Å². The zero-order chi connectivity index (χ0) is 18.5. The average Bonchev–Trinajstić information content (AvgIpc) is 3.10. The van der Waals surface area contributed by atoms with E-state index < -0.39 is 0 Å². The van der Waals surface area contributed by atoms with Crippen molar-refractivity contribution >= 4 is 23.5 Å². The summed E-state index contributed by atoms with van der Waals surface area (Å²) in [6.45, 7) is 6.79. The molecule has 2 aromatic carbocycles. The van der Waals surface area contributed by atoms with Gasteiger partial charge in [0, 0.05) is 30.2 Å². The maximum Gasteiger partial charge on any atom is 0.251 e. The van der Waals surface area contributed by atoms with Crippen molar-refractivity contribution in [3.05, 3.63) is 69.2 Å². The van der Waals surface area contributed by atoms with Gasteiger partial charge in [-0.25, -0.2) is 0 Å². The van der Waals surface area contributed by atoms with E-state index in [-0.39, 0.29) is 5.91 Å². The molecule has 6 heteroatoms. The van der Waals surface area contributed by atoms with E-state index in [1.165, 1.54) is 11.1 Å². The lowest BCUT2D eigenvalue weighted by Gasteiger charge is -2.11.